The molecule has 0 atom stereocenters. The Hall–Kier alpha value is -2.43. The third-order valence-electron chi connectivity index (χ3n) is 2.42. The fourth-order valence-electron chi connectivity index (χ4n) is 1.48. The van der Waals surface area contributed by atoms with Gasteiger partial charge in [0.1, 0.15) is 5.75 Å². The normalized spacial score (nSPS) is 9.89. The van der Waals surface area contributed by atoms with Crippen LogP contribution in [0.3, 0.4) is 0 Å². The molecule has 0 aliphatic rings. The SMILES string of the molecule is O=C(CCOc1ccccc1)NCc1cnccn1. The number of rotatable bonds is 6. The van der Waals surface area contributed by atoms with Crippen LogP contribution in [0.1, 0.15) is 12.1 Å². The minimum absolute atomic E-state index is 0.0680. The molecule has 1 N–H and O–H groups in total. The Kier molecular flexibility index (Phi) is 4.87. The van der Waals surface area contributed by atoms with Crippen molar-refractivity contribution in [1.82, 2.24) is 15.3 Å². The second kappa shape index (κ2) is 7.10. The lowest BCUT2D eigenvalue weighted by Gasteiger charge is -2.06. The fourth-order valence-corrected chi connectivity index (χ4v) is 1.48. The lowest BCUT2D eigenvalue weighted by atomic mass is 10.3. The number of hydrogen-bond acceptors (Lipinski definition) is 4. The Labute approximate surface area is 111 Å². The molecular formula is C14H15N3O2. The monoisotopic (exact) mass is 257 g/mol. The van der Waals surface area contributed by atoms with Gasteiger partial charge in [-0.1, -0.05) is 18.2 Å². The first-order chi connectivity index (χ1) is 9.34. The highest BCUT2D eigenvalue weighted by Gasteiger charge is 2.02. The number of nitrogens with one attached hydrogen (secondary N) is 1. The highest BCUT2D eigenvalue weighted by molar-refractivity contribution is 5.75. The molecule has 98 valence electrons. The quantitative estimate of drug-likeness (QED) is 0.853. The maximum absolute atomic E-state index is 11.6. The van der Waals surface area contributed by atoms with Crippen molar-refractivity contribution < 1.29 is 9.53 Å². The topological polar surface area (TPSA) is 64.1 Å². The molecule has 5 heteroatoms. The summed E-state index contributed by atoms with van der Waals surface area (Å²) < 4.78 is 5.44. The van der Waals surface area contributed by atoms with Crippen molar-refractivity contribution in [3.63, 3.8) is 0 Å². The van der Waals surface area contributed by atoms with E-state index >= 15 is 0 Å². The van der Waals surface area contributed by atoms with Gasteiger partial charge in [0.15, 0.2) is 0 Å². The van der Waals surface area contributed by atoms with Gasteiger partial charge < -0.3 is 10.1 Å². The first-order valence-electron chi connectivity index (χ1n) is 6.04. The van der Waals surface area contributed by atoms with Crippen LogP contribution in [0.15, 0.2) is 48.9 Å². The lowest BCUT2D eigenvalue weighted by Crippen LogP contribution is -2.24. The summed E-state index contributed by atoms with van der Waals surface area (Å²) in [6.45, 7) is 0.744. The molecule has 0 aliphatic heterocycles. The van der Waals surface area contributed by atoms with Crippen LogP contribution in [0, 0.1) is 0 Å². The molecule has 2 rings (SSSR count). The van der Waals surface area contributed by atoms with Gasteiger partial charge >= 0.3 is 0 Å². The predicted octanol–water partition coefficient (Wildman–Crippen LogP) is 1.56. The molecule has 5 nitrogen and oxygen atoms in total. The second-order valence-electron chi connectivity index (χ2n) is 3.88. The molecule has 0 bridgehead atoms. The van der Waals surface area contributed by atoms with E-state index in [1.807, 2.05) is 30.3 Å². The lowest BCUT2D eigenvalue weighted by molar-refractivity contribution is -0.121. The maximum Gasteiger partial charge on any atom is 0.223 e. The largest absolute Gasteiger partial charge is 0.493 e. The number of carbonyl (C=O) groups excluding carboxylic acids is 1. The predicted molar refractivity (Wildman–Crippen MR) is 70.4 cm³/mol. The summed E-state index contributed by atoms with van der Waals surface area (Å²) in [6.07, 6.45) is 5.13. The van der Waals surface area contributed by atoms with Crippen molar-refractivity contribution in [2.24, 2.45) is 0 Å². The van der Waals surface area contributed by atoms with Crippen LogP contribution in [0.25, 0.3) is 0 Å². The zero-order valence-electron chi connectivity index (χ0n) is 10.5. The highest BCUT2D eigenvalue weighted by atomic mass is 16.5. The molecule has 19 heavy (non-hydrogen) atoms. The maximum atomic E-state index is 11.6. The van der Waals surface area contributed by atoms with Crippen molar-refractivity contribution in [3.05, 3.63) is 54.6 Å². The van der Waals surface area contributed by atoms with E-state index in [1.165, 1.54) is 0 Å². The van der Waals surface area contributed by atoms with Crippen molar-refractivity contribution >= 4 is 5.91 Å². The van der Waals surface area contributed by atoms with E-state index in [1.54, 1.807) is 18.6 Å². The first kappa shape index (κ1) is 13.0. The van der Waals surface area contributed by atoms with Crippen LogP contribution in [0.4, 0.5) is 0 Å². The van der Waals surface area contributed by atoms with Gasteiger partial charge in [-0.05, 0) is 12.1 Å². The third kappa shape index (κ3) is 4.75. The number of ether oxygens (including phenoxy) is 1. The molecule has 0 fully saturated rings. The van der Waals surface area contributed by atoms with Gasteiger partial charge in [0.25, 0.3) is 0 Å². The van der Waals surface area contributed by atoms with E-state index in [-0.39, 0.29) is 5.91 Å². The minimum Gasteiger partial charge on any atom is -0.493 e. The Balaban J connectivity index is 1.65. The average Bonchev–Trinajstić information content (AvgIpc) is 2.47. The number of aromatic nitrogens is 2. The number of amides is 1. The molecule has 0 radical (unpaired) electrons. The van der Waals surface area contributed by atoms with Crippen LogP contribution in [0.2, 0.25) is 0 Å². The Bertz CT molecular complexity index is 503. The van der Waals surface area contributed by atoms with E-state index < -0.39 is 0 Å². The molecule has 0 spiro atoms. The fraction of sp³-hybridized carbons (Fsp3) is 0.214. The Morgan fingerprint density at radius 3 is 2.79 bits per heavy atom. The molecule has 0 saturated heterocycles. The van der Waals surface area contributed by atoms with E-state index in [4.69, 9.17) is 4.74 Å². The van der Waals surface area contributed by atoms with Crippen LogP contribution in [0.5, 0.6) is 5.75 Å². The molecule has 0 unspecified atom stereocenters. The summed E-state index contributed by atoms with van der Waals surface area (Å²) >= 11 is 0. The van der Waals surface area contributed by atoms with Gasteiger partial charge in [0.2, 0.25) is 5.91 Å². The van der Waals surface area contributed by atoms with Crippen molar-refractivity contribution in [1.29, 1.82) is 0 Å². The summed E-state index contributed by atoms with van der Waals surface area (Å²) in [6, 6.07) is 9.42. The van der Waals surface area contributed by atoms with Gasteiger partial charge in [-0.2, -0.15) is 0 Å². The van der Waals surface area contributed by atoms with Crippen molar-refractivity contribution in [2.75, 3.05) is 6.61 Å². The minimum atomic E-state index is -0.0680. The second-order valence-corrected chi connectivity index (χ2v) is 3.88. The summed E-state index contributed by atoms with van der Waals surface area (Å²) in [5.74, 6) is 0.700. The van der Waals surface area contributed by atoms with Gasteiger partial charge in [0, 0.05) is 12.4 Å². The van der Waals surface area contributed by atoms with E-state index in [9.17, 15) is 4.79 Å². The highest BCUT2D eigenvalue weighted by Crippen LogP contribution is 2.08. The van der Waals surface area contributed by atoms with Crippen molar-refractivity contribution in [3.8, 4) is 5.75 Å². The first-order valence-corrected chi connectivity index (χ1v) is 6.04. The zero-order valence-corrected chi connectivity index (χ0v) is 10.5. The van der Waals surface area contributed by atoms with Gasteiger partial charge in [-0.25, -0.2) is 0 Å². The van der Waals surface area contributed by atoms with Gasteiger partial charge in [-0.3, -0.25) is 14.8 Å². The molecule has 0 aliphatic carbocycles. The smallest absolute Gasteiger partial charge is 0.223 e. The van der Waals surface area contributed by atoms with E-state index in [0.717, 1.165) is 11.4 Å². The molecule has 1 aromatic carbocycles. The molecule has 1 amide bonds. The Morgan fingerprint density at radius 2 is 2.05 bits per heavy atom. The van der Waals surface area contributed by atoms with E-state index in [2.05, 4.69) is 15.3 Å². The van der Waals surface area contributed by atoms with Gasteiger partial charge in [-0.15, -0.1) is 0 Å². The number of hydrogen-bond donors (Lipinski definition) is 1. The summed E-state index contributed by atoms with van der Waals surface area (Å²) in [5.41, 5.74) is 0.736. The van der Waals surface area contributed by atoms with Crippen LogP contribution < -0.4 is 10.1 Å². The number of para-hydroxylation sites is 1. The molecule has 2 aromatic rings. The summed E-state index contributed by atoms with van der Waals surface area (Å²) in [7, 11) is 0. The number of carbonyl (C=O) groups is 1. The van der Waals surface area contributed by atoms with Gasteiger partial charge in [0.05, 0.1) is 31.5 Å². The molecule has 0 saturated carbocycles. The van der Waals surface area contributed by atoms with Crippen LogP contribution in [-0.4, -0.2) is 22.5 Å². The molecule has 1 aromatic heterocycles. The third-order valence-corrected chi connectivity index (χ3v) is 2.42. The van der Waals surface area contributed by atoms with E-state index in [0.29, 0.717) is 19.6 Å². The average molecular weight is 257 g/mol. The van der Waals surface area contributed by atoms with Crippen molar-refractivity contribution in [2.45, 2.75) is 13.0 Å². The number of nitrogens with zero attached hydrogens (tertiary/aromatic N) is 2. The molecular weight excluding hydrogens is 242 g/mol. The Morgan fingerprint density at radius 1 is 1.21 bits per heavy atom. The van der Waals surface area contributed by atoms with Crippen LogP contribution in [-0.2, 0) is 11.3 Å². The summed E-state index contributed by atoms with van der Waals surface area (Å²) in [4.78, 5) is 19.6. The van der Waals surface area contributed by atoms with Crippen LogP contribution >= 0.6 is 0 Å². The number of benzene rings is 1. The standard InChI is InChI=1S/C14H15N3O2/c18-14(17-11-12-10-15-7-8-16-12)6-9-19-13-4-2-1-3-5-13/h1-5,7-8,10H,6,9,11H2,(H,17,18). The molecule has 1 heterocycles. The summed E-state index contributed by atoms with van der Waals surface area (Å²) in [5, 5.41) is 2.76. The zero-order chi connectivity index (χ0) is 13.3.